The molecule has 0 amide bonds. The van der Waals surface area contributed by atoms with Crippen LogP contribution in [0.2, 0.25) is 0 Å². The molecule has 0 radical (unpaired) electrons. The molecule has 0 aromatic carbocycles. The normalized spacial score (nSPS) is 13.9. The van der Waals surface area contributed by atoms with Crippen molar-refractivity contribution in [2.24, 2.45) is 0 Å². The van der Waals surface area contributed by atoms with Crippen molar-refractivity contribution in [2.75, 3.05) is 13.2 Å². The molecular formula is C16H30BrN3O. The minimum absolute atomic E-state index is 0.122. The molecule has 0 saturated carbocycles. The molecule has 0 aliphatic heterocycles. The third-order valence-corrected chi connectivity index (χ3v) is 4.72. The predicted octanol–water partition coefficient (Wildman–Crippen LogP) is 4.47. The average Bonchev–Trinajstić information content (AvgIpc) is 2.84. The van der Waals surface area contributed by atoms with Crippen LogP contribution in [0.25, 0.3) is 0 Å². The van der Waals surface area contributed by atoms with Crippen LogP contribution in [-0.2, 0) is 4.74 Å². The summed E-state index contributed by atoms with van der Waals surface area (Å²) < 4.78 is 9.37. The maximum absolute atomic E-state index is 6.23. The van der Waals surface area contributed by atoms with Crippen LogP contribution in [-0.4, -0.2) is 28.5 Å². The average molecular weight is 360 g/mol. The maximum atomic E-state index is 6.23. The van der Waals surface area contributed by atoms with Crippen LogP contribution >= 0.6 is 15.9 Å². The molecule has 4 nitrogen and oxygen atoms in total. The van der Waals surface area contributed by atoms with Crippen LogP contribution in [0.15, 0.2) is 10.7 Å². The topological polar surface area (TPSA) is 39.1 Å². The summed E-state index contributed by atoms with van der Waals surface area (Å²) in [6.45, 7) is 14.5. The van der Waals surface area contributed by atoms with E-state index in [1.54, 1.807) is 0 Å². The highest BCUT2D eigenvalue weighted by Crippen LogP contribution is 2.39. The number of rotatable bonds is 9. The second kappa shape index (κ2) is 8.30. The Labute approximate surface area is 137 Å². The van der Waals surface area contributed by atoms with Crippen molar-refractivity contribution >= 4 is 15.9 Å². The fourth-order valence-electron chi connectivity index (χ4n) is 3.00. The lowest BCUT2D eigenvalue weighted by atomic mass is 9.85. The number of nitrogens with zero attached hydrogens (tertiary/aromatic N) is 2. The second-order valence-corrected chi connectivity index (χ2v) is 6.47. The highest BCUT2D eigenvalue weighted by molar-refractivity contribution is 9.10. The summed E-state index contributed by atoms with van der Waals surface area (Å²) in [5.74, 6) is 0. The van der Waals surface area contributed by atoms with Gasteiger partial charge in [0.15, 0.2) is 0 Å². The predicted molar refractivity (Wildman–Crippen MR) is 91.7 cm³/mol. The molecule has 1 unspecified atom stereocenters. The van der Waals surface area contributed by atoms with Gasteiger partial charge in [-0.25, -0.2) is 0 Å². The molecule has 1 N–H and O–H groups in total. The van der Waals surface area contributed by atoms with Crippen molar-refractivity contribution in [1.29, 1.82) is 0 Å². The lowest BCUT2D eigenvalue weighted by molar-refractivity contribution is -0.0751. The molecule has 5 heteroatoms. The van der Waals surface area contributed by atoms with Crippen molar-refractivity contribution in [3.8, 4) is 0 Å². The molecule has 1 rings (SSSR count). The molecular weight excluding hydrogens is 330 g/mol. The van der Waals surface area contributed by atoms with Gasteiger partial charge in [0.2, 0.25) is 0 Å². The van der Waals surface area contributed by atoms with Gasteiger partial charge in [0.25, 0.3) is 0 Å². The molecule has 0 bridgehead atoms. The summed E-state index contributed by atoms with van der Waals surface area (Å²) in [6.07, 6.45) is 3.82. The summed E-state index contributed by atoms with van der Waals surface area (Å²) in [5, 5.41) is 8.17. The third-order valence-electron chi connectivity index (χ3n) is 4.11. The molecule has 0 spiro atoms. The van der Waals surface area contributed by atoms with Crippen LogP contribution in [0.5, 0.6) is 0 Å². The fourth-order valence-corrected chi connectivity index (χ4v) is 3.50. The third kappa shape index (κ3) is 3.88. The van der Waals surface area contributed by atoms with Crippen LogP contribution in [0, 0.1) is 0 Å². The van der Waals surface area contributed by atoms with Gasteiger partial charge < -0.3 is 10.1 Å². The Balaban J connectivity index is 3.37. The Kier molecular flexibility index (Phi) is 7.37. The van der Waals surface area contributed by atoms with E-state index in [1.165, 1.54) is 5.69 Å². The highest BCUT2D eigenvalue weighted by atomic mass is 79.9. The Morgan fingerprint density at radius 2 is 1.90 bits per heavy atom. The smallest absolute Gasteiger partial charge is 0.0886 e. The van der Waals surface area contributed by atoms with E-state index in [9.17, 15) is 0 Å². The monoisotopic (exact) mass is 359 g/mol. The number of aromatic nitrogens is 2. The summed E-state index contributed by atoms with van der Waals surface area (Å²) in [6, 6.07) is 0.442. The summed E-state index contributed by atoms with van der Waals surface area (Å²) in [7, 11) is 0. The number of ether oxygens (including phenoxy) is 1. The Hall–Kier alpha value is -0.390. The lowest BCUT2D eigenvalue weighted by Crippen LogP contribution is -2.46. The number of hydrogen-bond donors (Lipinski definition) is 1. The van der Waals surface area contributed by atoms with Crippen molar-refractivity contribution in [3.05, 3.63) is 16.4 Å². The SMILES string of the molecule is CCNC(c1c(Br)cnn1C(C)C)C(CC)(CC)OCC. The quantitative estimate of drug-likeness (QED) is 0.706. The largest absolute Gasteiger partial charge is 0.373 e. The Bertz CT molecular complexity index is 427. The Morgan fingerprint density at radius 3 is 2.33 bits per heavy atom. The van der Waals surface area contributed by atoms with Crippen LogP contribution < -0.4 is 5.32 Å². The van der Waals surface area contributed by atoms with E-state index < -0.39 is 0 Å². The zero-order valence-electron chi connectivity index (χ0n) is 14.2. The van der Waals surface area contributed by atoms with E-state index in [4.69, 9.17) is 4.74 Å². The first kappa shape index (κ1) is 18.7. The van der Waals surface area contributed by atoms with E-state index in [0.717, 1.165) is 30.5 Å². The van der Waals surface area contributed by atoms with Gasteiger partial charge >= 0.3 is 0 Å². The number of hydrogen-bond acceptors (Lipinski definition) is 3. The van der Waals surface area contributed by atoms with E-state index in [0.29, 0.717) is 6.04 Å². The number of halogens is 1. The van der Waals surface area contributed by atoms with Crippen LogP contribution in [0.1, 0.15) is 72.2 Å². The van der Waals surface area contributed by atoms with Crippen molar-refractivity contribution in [1.82, 2.24) is 15.1 Å². The minimum Gasteiger partial charge on any atom is -0.373 e. The molecule has 1 heterocycles. The number of nitrogens with one attached hydrogen (secondary N) is 1. The Morgan fingerprint density at radius 1 is 1.29 bits per heavy atom. The van der Waals surface area contributed by atoms with E-state index in [-0.39, 0.29) is 11.6 Å². The van der Waals surface area contributed by atoms with Gasteiger partial charge in [-0.05, 0) is 56.1 Å². The van der Waals surface area contributed by atoms with Gasteiger partial charge in [-0.3, -0.25) is 4.68 Å². The molecule has 1 aromatic heterocycles. The lowest BCUT2D eigenvalue weighted by Gasteiger charge is -2.40. The summed E-state index contributed by atoms with van der Waals surface area (Å²) in [5.41, 5.74) is 0.976. The minimum atomic E-state index is -0.208. The number of likely N-dealkylation sites (N-methyl/N-ethyl adjacent to an activating group) is 1. The van der Waals surface area contributed by atoms with E-state index in [1.807, 2.05) is 6.20 Å². The molecule has 21 heavy (non-hydrogen) atoms. The zero-order chi connectivity index (χ0) is 16.0. The second-order valence-electron chi connectivity index (χ2n) is 5.61. The molecule has 0 saturated heterocycles. The summed E-state index contributed by atoms with van der Waals surface area (Å²) in [4.78, 5) is 0. The van der Waals surface area contributed by atoms with Gasteiger partial charge in [0, 0.05) is 12.6 Å². The fraction of sp³-hybridized carbons (Fsp3) is 0.812. The molecule has 0 aliphatic carbocycles. The first-order valence-electron chi connectivity index (χ1n) is 8.07. The van der Waals surface area contributed by atoms with Crippen molar-refractivity contribution in [2.45, 2.75) is 72.1 Å². The van der Waals surface area contributed by atoms with E-state index >= 15 is 0 Å². The molecule has 0 fully saturated rings. The first-order chi connectivity index (χ1) is 9.97. The van der Waals surface area contributed by atoms with Gasteiger partial charge in [0.05, 0.1) is 28.0 Å². The highest BCUT2D eigenvalue weighted by Gasteiger charge is 2.40. The van der Waals surface area contributed by atoms with Crippen LogP contribution in [0.3, 0.4) is 0 Å². The standard InChI is InChI=1S/C16H30BrN3O/c1-7-16(8-2,21-10-4)15(18-9-3)14-13(17)11-19-20(14)12(5)6/h11-12,15,18H,7-10H2,1-6H3. The summed E-state index contributed by atoms with van der Waals surface area (Å²) >= 11 is 3.68. The molecule has 1 aromatic rings. The molecule has 122 valence electrons. The van der Waals surface area contributed by atoms with Gasteiger partial charge in [-0.2, -0.15) is 5.10 Å². The van der Waals surface area contributed by atoms with Crippen molar-refractivity contribution in [3.63, 3.8) is 0 Å². The van der Waals surface area contributed by atoms with Crippen molar-refractivity contribution < 1.29 is 4.74 Å². The van der Waals surface area contributed by atoms with Gasteiger partial charge in [-0.1, -0.05) is 20.8 Å². The zero-order valence-corrected chi connectivity index (χ0v) is 15.8. The maximum Gasteiger partial charge on any atom is 0.0886 e. The molecule has 0 aliphatic rings. The van der Waals surface area contributed by atoms with E-state index in [2.05, 4.69) is 72.6 Å². The molecule has 1 atom stereocenters. The van der Waals surface area contributed by atoms with Crippen LogP contribution in [0.4, 0.5) is 0 Å². The van der Waals surface area contributed by atoms with Gasteiger partial charge in [0.1, 0.15) is 0 Å². The first-order valence-corrected chi connectivity index (χ1v) is 8.86. The van der Waals surface area contributed by atoms with Gasteiger partial charge in [-0.15, -0.1) is 0 Å².